The van der Waals surface area contributed by atoms with Crippen molar-refractivity contribution in [3.05, 3.63) is 60.2 Å². The van der Waals surface area contributed by atoms with Crippen LogP contribution in [0.4, 0.5) is 4.39 Å². The number of halogens is 1. The van der Waals surface area contributed by atoms with Crippen LogP contribution >= 0.6 is 0 Å². The number of pyridine rings is 1. The van der Waals surface area contributed by atoms with Gasteiger partial charge in [-0.1, -0.05) is 12.1 Å². The van der Waals surface area contributed by atoms with Gasteiger partial charge >= 0.3 is 0 Å². The maximum Gasteiger partial charge on any atom is 0.213 e. The van der Waals surface area contributed by atoms with E-state index in [1.807, 2.05) is 29.0 Å². The van der Waals surface area contributed by atoms with E-state index in [4.69, 9.17) is 4.74 Å². The number of nitrogens with zero attached hydrogens (tertiary/aromatic N) is 2. The second-order valence-electron chi connectivity index (χ2n) is 5.63. The highest BCUT2D eigenvalue weighted by atomic mass is 19.1. The normalized spacial score (nSPS) is 13.8. The SMILES string of the molecule is CNCC(O)C(c1cccc(F)c1)n1ccc2cc(OC)ncc21. The summed E-state index contributed by atoms with van der Waals surface area (Å²) in [5, 5.41) is 14.5. The highest BCUT2D eigenvalue weighted by Gasteiger charge is 2.24. The van der Waals surface area contributed by atoms with Crippen molar-refractivity contribution in [2.45, 2.75) is 12.1 Å². The summed E-state index contributed by atoms with van der Waals surface area (Å²) in [5.74, 6) is 0.198. The molecule has 24 heavy (non-hydrogen) atoms. The van der Waals surface area contributed by atoms with Gasteiger partial charge in [0.05, 0.1) is 31.0 Å². The molecule has 0 amide bonds. The fraction of sp³-hybridized carbons (Fsp3) is 0.278. The summed E-state index contributed by atoms with van der Waals surface area (Å²) in [7, 11) is 3.34. The Balaban J connectivity index is 2.11. The molecule has 0 saturated heterocycles. The predicted molar refractivity (Wildman–Crippen MR) is 90.8 cm³/mol. The molecule has 2 N–H and O–H groups in total. The molecule has 0 aliphatic rings. The van der Waals surface area contributed by atoms with E-state index >= 15 is 0 Å². The number of hydrogen-bond donors (Lipinski definition) is 2. The largest absolute Gasteiger partial charge is 0.481 e. The molecule has 0 fully saturated rings. The monoisotopic (exact) mass is 329 g/mol. The summed E-state index contributed by atoms with van der Waals surface area (Å²) in [4.78, 5) is 4.24. The maximum atomic E-state index is 13.7. The lowest BCUT2D eigenvalue weighted by Crippen LogP contribution is -2.33. The summed E-state index contributed by atoms with van der Waals surface area (Å²) in [6, 6.07) is 9.64. The van der Waals surface area contributed by atoms with Gasteiger partial charge in [0.15, 0.2) is 0 Å². The van der Waals surface area contributed by atoms with Crippen LogP contribution in [0.25, 0.3) is 10.9 Å². The Kier molecular flexibility index (Phi) is 4.78. The zero-order valence-corrected chi connectivity index (χ0v) is 13.6. The molecular weight excluding hydrogens is 309 g/mol. The van der Waals surface area contributed by atoms with Crippen molar-refractivity contribution in [2.75, 3.05) is 20.7 Å². The van der Waals surface area contributed by atoms with Gasteiger partial charge in [0.1, 0.15) is 5.82 Å². The van der Waals surface area contributed by atoms with Crippen LogP contribution in [-0.4, -0.2) is 41.5 Å². The molecule has 0 saturated carbocycles. The minimum Gasteiger partial charge on any atom is -0.481 e. The van der Waals surface area contributed by atoms with E-state index in [1.54, 1.807) is 26.4 Å². The third-order valence-corrected chi connectivity index (χ3v) is 4.06. The minimum atomic E-state index is -0.727. The summed E-state index contributed by atoms with van der Waals surface area (Å²) in [6.45, 7) is 0.379. The molecular formula is C18H20FN3O2. The number of fused-ring (bicyclic) bond motifs is 1. The van der Waals surface area contributed by atoms with Crippen molar-refractivity contribution in [3.63, 3.8) is 0 Å². The molecule has 0 aliphatic heterocycles. The highest BCUT2D eigenvalue weighted by molar-refractivity contribution is 5.80. The molecule has 2 atom stereocenters. The van der Waals surface area contributed by atoms with Crippen LogP contribution in [0.15, 0.2) is 48.8 Å². The van der Waals surface area contributed by atoms with E-state index in [0.29, 0.717) is 18.0 Å². The van der Waals surface area contributed by atoms with Crippen molar-refractivity contribution in [1.82, 2.24) is 14.9 Å². The van der Waals surface area contributed by atoms with Gasteiger partial charge in [0.2, 0.25) is 5.88 Å². The molecule has 2 aromatic heterocycles. The number of nitrogens with one attached hydrogen (secondary N) is 1. The van der Waals surface area contributed by atoms with Crippen LogP contribution in [0.1, 0.15) is 11.6 Å². The smallest absolute Gasteiger partial charge is 0.213 e. The van der Waals surface area contributed by atoms with Gasteiger partial charge in [-0.2, -0.15) is 0 Å². The number of aliphatic hydroxyl groups is 1. The van der Waals surface area contributed by atoms with Gasteiger partial charge in [-0.05, 0) is 30.8 Å². The van der Waals surface area contributed by atoms with E-state index in [2.05, 4.69) is 10.3 Å². The zero-order chi connectivity index (χ0) is 17.1. The van der Waals surface area contributed by atoms with Crippen LogP contribution in [0.2, 0.25) is 0 Å². The average molecular weight is 329 g/mol. The van der Waals surface area contributed by atoms with Crippen molar-refractivity contribution >= 4 is 10.9 Å². The van der Waals surface area contributed by atoms with Crippen molar-refractivity contribution in [2.24, 2.45) is 0 Å². The van der Waals surface area contributed by atoms with Crippen molar-refractivity contribution in [3.8, 4) is 5.88 Å². The Hall–Kier alpha value is -2.44. The van der Waals surface area contributed by atoms with E-state index < -0.39 is 12.1 Å². The Morgan fingerprint density at radius 2 is 2.17 bits per heavy atom. The first-order valence-corrected chi connectivity index (χ1v) is 7.72. The predicted octanol–water partition coefficient (Wildman–Crippen LogP) is 2.35. The highest BCUT2D eigenvalue weighted by Crippen LogP contribution is 2.29. The quantitative estimate of drug-likeness (QED) is 0.729. The fourth-order valence-electron chi connectivity index (χ4n) is 2.97. The molecule has 0 radical (unpaired) electrons. The lowest BCUT2D eigenvalue weighted by Gasteiger charge is -2.26. The molecule has 126 valence electrons. The van der Waals surface area contributed by atoms with Gasteiger partial charge < -0.3 is 19.7 Å². The number of ether oxygens (including phenoxy) is 1. The van der Waals surface area contributed by atoms with Crippen LogP contribution < -0.4 is 10.1 Å². The third-order valence-electron chi connectivity index (χ3n) is 4.06. The Morgan fingerprint density at radius 3 is 2.88 bits per heavy atom. The number of methoxy groups -OCH3 is 1. The number of aliphatic hydroxyl groups excluding tert-OH is 1. The standard InChI is InChI=1S/C18H20FN3O2/c1-20-11-16(23)18(13-4-3-5-14(19)8-13)22-7-6-12-9-17(24-2)21-10-15(12)22/h3-10,16,18,20,23H,11H2,1-2H3. The Bertz CT molecular complexity index is 834. The molecule has 3 rings (SSSR count). The minimum absolute atomic E-state index is 0.328. The summed E-state index contributed by atoms with van der Waals surface area (Å²) < 4.78 is 20.8. The van der Waals surface area contributed by atoms with Crippen LogP contribution in [-0.2, 0) is 0 Å². The van der Waals surface area contributed by atoms with E-state index in [0.717, 1.165) is 10.9 Å². The molecule has 3 aromatic rings. The number of aromatic nitrogens is 2. The molecule has 0 bridgehead atoms. The lowest BCUT2D eigenvalue weighted by atomic mass is 10.0. The summed E-state index contributed by atoms with van der Waals surface area (Å²) >= 11 is 0. The first-order valence-electron chi connectivity index (χ1n) is 7.72. The van der Waals surface area contributed by atoms with Gasteiger partial charge in [0.25, 0.3) is 0 Å². The first-order chi connectivity index (χ1) is 11.6. The zero-order valence-electron chi connectivity index (χ0n) is 13.6. The van der Waals surface area contributed by atoms with E-state index in [1.165, 1.54) is 12.1 Å². The topological polar surface area (TPSA) is 59.3 Å². The number of likely N-dealkylation sites (N-methyl/N-ethyl adjacent to an activating group) is 1. The fourth-order valence-corrected chi connectivity index (χ4v) is 2.97. The van der Waals surface area contributed by atoms with Crippen molar-refractivity contribution in [1.29, 1.82) is 0 Å². The van der Waals surface area contributed by atoms with E-state index in [-0.39, 0.29) is 5.82 Å². The van der Waals surface area contributed by atoms with Gasteiger partial charge in [-0.15, -0.1) is 0 Å². The molecule has 2 unspecified atom stereocenters. The Labute approximate surface area is 139 Å². The molecule has 1 aromatic carbocycles. The van der Waals surface area contributed by atoms with Crippen LogP contribution in [0.3, 0.4) is 0 Å². The number of hydrogen-bond acceptors (Lipinski definition) is 4. The van der Waals surface area contributed by atoms with Crippen molar-refractivity contribution < 1.29 is 14.2 Å². The summed E-state index contributed by atoms with van der Waals surface area (Å²) in [6.07, 6.45) is 2.85. The number of rotatable bonds is 6. The third kappa shape index (κ3) is 3.11. The Morgan fingerprint density at radius 1 is 1.33 bits per heavy atom. The average Bonchev–Trinajstić information content (AvgIpc) is 2.98. The van der Waals surface area contributed by atoms with Gasteiger partial charge in [-0.25, -0.2) is 9.37 Å². The first kappa shape index (κ1) is 16.4. The molecule has 6 heteroatoms. The molecule has 0 spiro atoms. The van der Waals surface area contributed by atoms with Crippen LogP contribution in [0, 0.1) is 5.82 Å². The van der Waals surface area contributed by atoms with E-state index in [9.17, 15) is 9.50 Å². The van der Waals surface area contributed by atoms with Crippen LogP contribution in [0.5, 0.6) is 5.88 Å². The molecule has 2 heterocycles. The van der Waals surface area contributed by atoms with Gasteiger partial charge in [-0.3, -0.25) is 0 Å². The second kappa shape index (κ2) is 6.98. The molecule has 5 nitrogen and oxygen atoms in total. The molecule has 0 aliphatic carbocycles. The number of benzene rings is 1. The van der Waals surface area contributed by atoms with Gasteiger partial charge in [0, 0.05) is 24.2 Å². The maximum absolute atomic E-state index is 13.7. The second-order valence-corrected chi connectivity index (χ2v) is 5.63. The lowest BCUT2D eigenvalue weighted by molar-refractivity contribution is 0.132. The summed E-state index contributed by atoms with van der Waals surface area (Å²) in [5.41, 5.74) is 1.55.